The van der Waals surface area contributed by atoms with Gasteiger partial charge < -0.3 is 14.9 Å². The second-order valence-corrected chi connectivity index (χ2v) is 12.1. The molecule has 2 amide bonds. The van der Waals surface area contributed by atoms with Crippen molar-refractivity contribution in [2.24, 2.45) is 0 Å². The molecule has 2 aromatic carbocycles. The summed E-state index contributed by atoms with van der Waals surface area (Å²) in [5.74, 6) is 0.162. The van der Waals surface area contributed by atoms with Gasteiger partial charge in [0, 0.05) is 24.5 Å². The van der Waals surface area contributed by atoms with E-state index in [9.17, 15) is 32.6 Å². The quantitative estimate of drug-likeness (QED) is 0.190. The van der Waals surface area contributed by atoms with E-state index >= 15 is 0 Å². The topological polar surface area (TPSA) is 157 Å². The highest BCUT2D eigenvalue weighted by atomic mass is 32.2. The van der Waals surface area contributed by atoms with Crippen LogP contribution < -0.4 is 20.1 Å². The molecule has 40 heavy (non-hydrogen) atoms. The van der Waals surface area contributed by atoms with Crippen LogP contribution in [-0.2, 0) is 21.9 Å². The summed E-state index contributed by atoms with van der Waals surface area (Å²) in [6, 6.07) is 11.4. The number of carboxylic acid groups (broad SMARTS) is 2. The van der Waals surface area contributed by atoms with Gasteiger partial charge in [-0.15, -0.1) is 0 Å². The Kier molecular flexibility index (Phi) is 9.16. The van der Waals surface area contributed by atoms with Gasteiger partial charge in [0.25, 0.3) is 0 Å². The second-order valence-electron chi connectivity index (χ2n) is 10.1. The van der Waals surface area contributed by atoms with Crippen LogP contribution in [-0.4, -0.2) is 67.5 Å². The standard InChI is InChI=1S/C27H35FN4O7S/c1-2-16-40(37,38)29-13-15-39-21-9-4-18-10-14-32(24(30-25(33)34)31-26(35)36)23(22(18)17-21)27(11-3-12-27)19-5-7-20(28)8-6-19/h4-9,17,23-24,29-31H,2-3,10-16H2,1H3,(H,33,34)(H,35,36). The first-order chi connectivity index (χ1) is 19.0. The maximum atomic E-state index is 13.9. The molecule has 0 aromatic heterocycles. The van der Waals surface area contributed by atoms with Crippen LogP contribution in [0.3, 0.4) is 0 Å². The third-order valence-corrected chi connectivity index (χ3v) is 9.18. The minimum atomic E-state index is -3.37. The van der Waals surface area contributed by atoms with Gasteiger partial charge in [-0.05, 0) is 66.6 Å². The van der Waals surface area contributed by atoms with Crippen molar-refractivity contribution in [2.75, 3.05) is 25.4 Å². The van der Waals surface area contributed by atoms with Crippen molar-refractivity contribution >= 4 is 22.2 Å². The zero-order valence-electron chi connectivity index (χ0n) is 22.2. The Balaban J connectivity index is 1.70. The molecule has 1 saturated carbocycles. The van der Waals surface area contributed by atoms with Crippen LogP contribution in [0.15, 0.2) is 42.5 Å². The lowest BCUT2D eigenvalue weighted by Gasteiger charge is -2.55. The lowest BCUT2D eigenvalue weighted by atomic mass is 9.57. The Morgan fingerprint density at radius 2 is 1.80 bits per heavy atom. The van der Waals surface area contributed by atoms with Crippen molar-refractivity contribution in [3.05, 3.63) is 65.0 Å². The fraction of sp³-hybridized carbons (Fsp3) is 0.481. The Hall–Kier alpha value is -3.42. The van der Waals surface area contributed by atoms with E-state index in [1.54, 1.807) is 30.0 Å². The summed E-state index contributed by atoms with van der Waals surface area (Å²) in [5, 5.41) is 23.6. The largest absolute Gasteiger partial charge is 0.492 e. The van der Waals surface area contributed by atoms with Crippen molar-refractivity contribution < 1.29 is 37.3 Å². The molecule has 1 atom stereocenters. The van der Waals surface area contributed by atoms with Gasteiger partial charge in [0.15, 0.2) is 6.29 Å². The van der Waals surface area contributed by atoms with Gasteiger partial charge in [-0.1, -0.05) is 31.5 Å². The number of halogens is 1. The number of rotatable bonds is 12. The summed E-state index contributed by atoms with van der Waals surface area (Å²) in [5.41, 5.74) is 2.21. The molecule has 0 radical (unpaired) electrons. The zero-order valence-corrected chi connectivity index (χ0v) is 23.0. The van der Waals surface area contributed by atoms with E-state index in [-0.39, 0.29) is 24.7 Å². The highest BCUT2D eigenvalue weighted by Gasteiger charge is 2.52. The number of carbonyl (C=O) groups is 2. The van der Waals surface area contributed by atoms with E-state index < -0.39 is 40.0 Å². The van der Waals surface area contributed by atoms with E-state index in [4.69, 9.17) is 4.74 Å². The molecular weight excluding hydrogens is 543 g/mol. The Morgan fingerprint density at radius 3 is 2.38 bits per heavy atom. The molecule has 11 nitrogen and oxygen atoms in total. The number of nitrogens with one attached hydrogen (secondary N) is 3. The first-order valence-electron chi connectivity index (χ1n) is 13.3. The monoisotopic (exact) mass is 578 g/mol. The van der Waals surface area contributed by atoms with Crippen molar-refractivity contribution in [3.8, 4) is 5.75 Å². The van der Waals surface area contributed by atoms with Gasteiger partial charge in [-0.25, -0.2) is 27.1 Å². The first-order valence-corrected chi connectivity index (χ1v) is 14.9. The molecule has 1 heterocycles. The van der Waals surface area contributed by atoms with Crippen LogP contribution in [0.25, 0.3) is 0 Å². The Bertz CT molecular complexity index is 1300. The summed E-state index contributed by atoms with van der Waals surface area (Å²) in [4.78, 5) is 25.1. The zero-order chi connectivity index (χ0) is 28.9. The van der Waals surface area contributed by atoms with Crippen LogP contribution in [0, 0.1) is 5.82 Å². The summed E-state index contributed by atoms with van der Waals surface area (Å²) in [7, 11) is -3.37. The lowest BCUT2D eigenvalue weighted by Crippen LogP contribution is -2.63. The average molecular weight is 579 g/mol. The predicted molar refractivity (Wildman–Crippen MR) is 145 cm³/mol. The van der Waals surface area contributed by atoms with Crippen LogP contribution in [0.1, 0.15) is 55.3 Å². The molecule has 218 valence electrons. The van der Waals surface area contributed by atoms with Crippen molar-refractivity contribution in [3.63, 3.8) is 0 Å². The number of hydrogen-bond donors (Lipinski definition) is 5. The minimum Gasteiger partial charge on any atom is -0.492 e. The Morgan fingerprint density at radius 1 is 1.12 bits per heavy atom. The van der Waals surface area contributed by atoms with Gasteiger partial charge in [0.1, 0.15) is 18.2 Å². The molecule has 2 aliphatic rings. The van der Waals surface area contributed by atoms with Gasteiger partial charge in [0.2, 0.25) is 10.0 Å². The summed E-state index contributed by atoms with van der Waals surface area (Å²) in [6.45, 7) is 2.35. The maximum absolute atomic E-state index is 13.9. The molecule has 5 N–H and O–H groups in total. The van der Waals surface area contributed by atoms with Crippen molar-refractivity contribution in [1.82, 2.24) is 20.3 Å². The van der Waals surface area contributed by atoms with Crippen molar-refractivity contribution in [1.29, 1.82) is 0 Å². The second kappa shape index (κ2) is 12.4. The smallest absolute Gasteiger partial charge is 0.407 e. The molecular formula is C27H35FN4O7S. The van der Waals surface area contributed by atoms with Gasteiger partial charge >= 0.3 is 12.2 Å². The van der Waals surface area contributed by atoms with Crippen LogP contribution >= 0.6 is 0 Å². The molecule has 1 unspecified atom stereocenters. The Labute approximate surface area is 232 Å². The van der Waals surface area contributed by atoms with Crippen LogP contribution in [0.4, 0.5) is 14.0 Å². The predicted octanol–water partition coefficient (Wildman–Crippen LogP) is 3.37. The molecule has 1 aliphatic heterocycles. The molecule has 1 fully saturated rings. The van der Waals surface area contributed by atoms with E-state index in [0.717, 1.165) is 36.0 Å². The first kappa shape index (κ1) is 29.6. The fourth-order valence-corrected chi connectivity index (χ4v) is 6.87. The van der Waals surface area contributed by atoms with E-state index in [1.807, 2.05) is 12.1 Å². The molecule has 0 spiro atoms. The minimum absolute atomic E-state index is 0.0325. The number of benzene rings is 2. The fourth-order valence-electron chi connectivity index (χ4n) is 5.80. The summed E-state index contributed by atoms with van der Waals surface area (Å²) >= 11 is 0. The number of ether oxygens (including phenoxy) is 1. The molecule has 0 bridgehead atoms. The number of sulfonamides is 1. The number of hydrogen-bond acceptors (Lipinski definition) is 6. The highest BCUT2D eigenvalue weighted by Crippen LogP contribution is 2.56. The van der Waals surface area contributed by atoms with Gasteiger partial charge in [-0.2, -0.15) is 0 Å². The molecule has 1 aliphatic carbocycles. The van der Waals surface area contributed by atoms with Gasteiger partial charge in [0.05, 0.1) is 5.75 Å². The average Bonchev–Trinajstić information content (AvgIpc) is 2.86. The third kappa shape index (κ3) is 6.65. The van der Waals surface area contributed by atoms with E-state index in [2.05, 4.69) is 15.4 Å². The highest BCUT2D eigenvalue weighted by molar-refractivity contribution is 7.89. The number of amides is 2. The molecule has 2 aromatic rings. The normalized spacial score (nSPS) is 18.4. The van der Waals surface area contributed by atoms with E-state index in [1.165, 1.54) is 12.1 Å². The summed E-state index contributed by atoms with van der Waals surface area (Å²) in [6.07, 6.45) is -0.597. The van der Waals surface area contributed by atoms with E-state index in [0.29, 0.717) is 25.1 Å². The molecule has 0 saturated heterocycles. The maximum Gasteiger partial charge on any atom is 0.407 e. The number of fused-ring (bicyclic) bond motifs is 1. The molecule has 13 heteroatoms. The third-order valence-electron chi connectivity index (χ3n) is 7.59. The van der Waals surface area contributed by atoms with Crippen molar-refractivity contribution in [2.45, 2.75) is 56.8 Å². The van der Waals surface area contributed by atoms with Gasteiger partial charge in [-0.3, -0.25) is 15.5 Å². The van der Waals surface area contributed by atoms with Crippen LogP contribution in [0.5, 0.6) is 5.75 Å². The SMILES string of the molecule is CCCS(=O)(=O)NCCOc1ccc2c(c1)C(C1(c3ccc(F)cc3)CCC1)N(C(NC(=O)O)NC(=O)O)CC2. The van der Waals surface area contributed by atoms with Crippen LogP contribution in [0.2, 0.25) is 0 Å². The number of nitrogens with zero attached hydrogens (tertiary/aromatic N) is 1. The lowest BCUT2D eigenvalue weighted by molar-refractivity contribution is 0.00161. The molecule has 4 rings (SSSR count). The summed E-state index contributed by atoms with van der Waals surface area (Å²) < 4.78 is 46.2.